The summed E-state index contributed by atoms with van der Waals surface area (Å²) in [6.07, 6.45) is 1.50. The number of rotatable bonds is 6. The van der Waals surface area contributed by atoms with E-state index < -0.39 is 0 Å². The van der Waals surface area contributed by atoms with Crippen LogP contribution in [0.4, 0.5) is 5.69 Å². The van der Waals surface area contributed by atoms with Crippen molar-refractivity contribution in [2.75, 3.05) is 19.5 Å². The number of carbonyl (C=O) groups is 2. The van der Waals surface area contributed by atoms with Crippen molar-refractivity contribution in [3.8, 4) is 5.88 Å². The first kappa shape index (κ1) is 20.1. The number of nitrogens with one attached hydrogen (secondary N) is 1. The third-order valence-corrected chi connectivity index (χ3v) is 4.76. The van der Waals surface area contributed by atoms with E-state index >= 15 is 0 Å². The molecular weight excluding hydrogens is 366 g/mol. The fourth-order valence-electron chi connectivity index (χ4n) is 2.90. The number of aromatic nitrogens is 1. The lowest BCUT2D eigenvalue weighted by molar-refractivity contribution is 0.0742. The number of hydrogen-bond acceptors (Lipinski definition) is 4. The number of pyridine rings is 1. The van der Waals surface area contributed by atoms with Gasteiger partial charge in [-0.15, -0.1) is 0 Å². The summed E-state index contributed by atoms with van der Waals surface area (Å²) >= 11 is 0. The molecule has 1 aromatic heterocycles. The predicted octanol–water partition coefficient (Wildman–Crippen LogP) is 4.18. The van der Waals surface area contributed by atoms with Gasteiger partial charge < -0.3 is 15.0 Å². The van der Waals surface area contributed by atoms with E-state index in [2.05, 4.69) is 10.3 Å². The van der Waals surface area contributed by atoms with Gasteiger partial charge in [-0.25, -0.2) is 4.98 Å². The molecule has 0 bridgehead atoms. The number of hydrogen-bond donors (Lipinski definition) is 1. The zero-order valence-electron chi connectivity index (χ0n) is 16.6. The lowest BCUT2D eigenvalue weighted by Gasteiger charge is -2.26. The molecule has 0 aliphatic carbocycles. The van der Waals surface area contributed by atoms with Crippen molar-refractivity contribution in [3.63, 3.8) is 0 Å². The molecule has 148 valence electrons. The van der Waals surface area contributed by atoms with Crippen LogP contribution in [0.5, 0.6) is 5.88 Å². The Morgan fingerprint density at radius 3 is 2.41 bits per heavy atom. The predicted molar refractivity (Wildman–Crippen MR) is 112 cm³/mol. The fourth-order valence-corrected chi connectivity index (χ4v) is 2.90. The summed E-state index contributed by atoms with van der Waals surface area (Å²) in [7, 11) is 3.27. The third kappa shape index (κ3) is 4.79. The Kier molecular flexibility index (Phi) is 6.24. The summed E-state index contributed by atoms with van der Waals surface area (Å²) in [4.78, 5) is 30.9. The third-order valence-electron chi connectivity index (χ3n) is 4.76. The van der Waals surface area contributed by atoms with E-state index in [9.17, 15) is 9.59 Å². The lowest BCUT2D eigenvalue weighted by Crippen LogP contribution is -2.29. The molecule has 0 aliphatic heterocycles. The highest BCUT2D eigenvalue weighted by atomic mass is 16.5. The van der Waals surface area contributed by atoms with E-state index in [4.69, 9.17) is 4.74 Å². The van der Waals surface area contributed by atoms with Crippen LogP contribution in [0.25, 0.3) is 0 Å². The van der Waals surface area contributed by atoms with Crippen molar-refractivity contribution >= 4 is 17.5 Å². The number of carbonyl (C=O) groups excluding carboxylic acids is 2. The fraction of sp³-hybridized carbons (Fsp3) is 0.174. The van der Waals surface area contributed by atoms with Gasteiger partial charge in [0.1, 0.15) is 0 Å². The van der Waals surface area contributed by atoms with Crippen molar-refractivity contribution in [1.29, 1.82) is 0 Å². The van der Waals surface area contributed by atoms with Crippen LogP contribution in [0.15, 0.2) is 72.9 Å². The lowest BCUT2D eigenvalue weighted by atomic mass is 10.1. The van der Waals surface area contributed by atoms with Crippen LogP contribution in [0.3, 0.4) is 0 Å². The van der Waals surface area contributed by atoms with Crippen LogP contribution in [0.2, 0.25) is 0 Å². The monoisotopic (exact) mass is 389 g/mol. The highest BCUT2D eigenvalue weighted by molar-refractivity contribution is 6.04. The van der Waals surface area contributed by atoms with Gasteiger partial charge in [0.2, 0.25) is 5.88 Å². The molecule has 29 heavy (non-hydrogen) atoms. The zero-order valence-corrected chi connectivity index (χ0v) is 16.6. The van der Waals surface area contributed by atoms with E-state index in [0.29, 0.717) is 22.7 Å². The number of nitrogens with zero attached hydrogens (tertiary/aromatic N) is 2. The van der Waals surface area contributed by atoms with Crippen molar-refractivity contribution in [3.05, 3.63) is 89.6 Å². The zero-order chi connectivity index (χ0) is 20.8. The SMILES string of the molecule is COc1ccc(C(=O)N(C)C(C)c2cccc(NC(=O)c3ccccc3)c2)cn1. The van der Waals surface area contributed by atoms with Gasteiger partial charge in [0, 0.05) is 30.6 Å². The van der Waals surface area contributed by atoms with Crippen LogP contribution < -0.4 is 10.1 Å². The highest BCUT2D eigenvalue weighted by Gasteiger charge is 2.20. The Hall–Kier alpha value is -3.67. The first-order valence-electron chi connectivity index (χ1n) is 9.23. The molecule has 2 amide bonds. The maximum absolute atomic E-state index is 12.8. The summed E-state index contributed by atoms with van der Waals surface area (Å²) in [6.45, 7) is 1.94. The van der Waals surface area contributed by atoms with Crippen LogP contribution in [-0.2, 0) is 0 Å². The molecule has 0 saturated heterocycles. The molecule has 0 fully saturated rings. The molecule has 1 heterocycles. The second-order valence-corrected chi connectivity index (χ2v) is 6.63. The normalized spacial score (nSPS) is 11.4. The number of anilines is 1. The molecule has 1 N–H and O–H groups in total. The van der Waals surface area contributed by atoms with Gasteiger partial charge in [-0.2, -0.15) is 0 Å². The number of amides is 2. The minimum absolute atomic E-state index is 0.147. The minimum Gasteiger partial charge on any atom is -0.481 e. The van der Waals surface area contributed by atoms with E-state index in [1.54, 1.807) is 36.2 Å². The summed E-state index contributed by atoms with van der Waals surface area (Å²) in [5.74, 6) is 0.134. The summed E-state index contributed by atoms with van der Waals surface area (Å²) in [5.41, 5.74) is 2.65. The van der Waals surface area contributed by atoms with Crippen LogP contribution in [0.1, 0.15) is 39.2 Å². The first-order valence-corrected chi connectivity index (χ1v) is 9.23. The largest absolute Gasteiger partial charge is 0.481 e. The molecule has 0 radical (unpaired) electrons. The molecule has 6 nitrogen and oxygen atoms in total. The van der Waals surface area contributed by atoms with E-state index in [0.717, 1.165) is 5.56 Å². The molecule has 6 heteroatoms. The molecule has 3 rings (SSSR count). The summed E-state index contributed by atoms with van der Waals surface area (Å²) < 4.78 is 5.03. The Labute approximate surface area is 170 Å². The van der Waals surface area contributed by atoms with Gasteiger partial charge in [-0.1, -0.05) is 30.3 Å². The molecule has 1 atom stereocenters. The second kappa shape index (κ2) is 9.01. The molecule has 1 unspecified atom stereocenters. The van der Waals surface area contributed by atoms with E-state index in [1.807, 2.05) is 49.4 Å². The van der Waals surface area contributed by atoms with Crippen molar-refractivity contribution in [2.24, 2.45) is 0 Å². The molecular formula is C23H23N3O3. The average Bonchev–Trinajstić information content (AvgIpc) is 2.78. The van der Waals surface area contributed by atoms with Crippen molar-refractivity contribution < 1.29 is 14.3 Å². The molecule has 2 aromatic carbocycles. The molecule has 0 aliphatic rings. The van der Waals surface area contributed by atoms with Crippen LogP contribution >= 0.6 is 0 Å². The Balaban J connectivity index is 1.73. The van der Waals surface area contributed by atoms with Gasteiger partial charge in [-0.3, -0.25) is 9.59 Å². The summed E-state index contributed by atoms with van der Waals surface area (Å²) in [6, 6.07) is 19.7. The molecule has 3 aromatic rings. The minimum atomic E-state index is -0.196. The quantitative estimate of drug-likeness (QED) is 0.687. The maximum atomic E-state index is 12.8. The van der Waals surface area contributed by atoms with Gasteiger partial charge in [0.25, 0.3) is 11.8 Å². The van der Waals surface area contributed by atoms with Crippen LogP contribution in [-0.4, -0.2) is 35.9 Å². The topological polar surface area (TPSA) is 71.5 Å². The standard InChI is InChI=1S/C23H23N3O3/c1-16(26(2)23(28)19-12-13-21(29-3)24-15-19)18-10-7-11-20(14-18)25-22(27)17-8-5-4-6-9-17/h4-16H,1-3H3,(H,25,27). The van der Waals surface area contributed by atoms with E-state index in [1.165, 1.54) is 13.3 Å². The van der Waals surface area contributed by atoms with Crippen LogP contribution in [0, 0.1) is 0 Å². The maximum Gasteiger partial charge on any atom is 0.255 e. The Bertz CT molecular complexity index is 988. The number of methoxy groups -OCH3 is 1. The Morgan fingerprint density at radius 1 is 1.00 bits per heavy atom. The van der Waals surface area contributed by atoms with E-state index in [-0.39, 0.29) is 17.9 Å². The van der Waals surface area contributed by atoms with Crippen molar-refractivity contribution in [2.45, 2.75) is 13.0 Å². The number of ether oxygens (including phenoxy) is 1. The van der Waals surface area contributed by atoms with Gasteiger partial charge >= 0.3 is 0 Å². The van der Waals surface area contributed by atoms with Gasteiger partial charge in [0.05, 0.1) is 18.7 Å². The first-order chi connectivity index (χ1) is 14.0. The molecule has 0 saturated carbocycles. The highest BCUT2D eigenvalue weighted by Crippen LogP contribution is 2.24. The smallest absolute Gasteiger partial charge is 0.255 e. The summed E-state index contributed by atoms with van der Waals surface area (Å²) in [5, 5.41) is 2.90. The van der Waals surface area contributed by atoms with Gasteiger partial charge in [0.15, 0.2) is 0 Å². The Morgan fingerprint density at radius 2 is 1.76 bits per heavy atom. The second-order valence-electron chi connectivity index (χ2n) is 6.63. The number of benzene rings is 2. The van der Waals surface area contributed by atoms with Gasteiger partial charge in [-0.05, 0) is 42.8 Å². The molecule has 0 spiro atoms. The average molecular weight is 389 g/mol. The van der Waals surface area contributed by atoms with Crippen molar-refractivity contribution in [1.82, 2.24) is 9.88 Å².